The average molecular weight is 316 g/mol. The molecule has 2 unspecified atom stereocenters. The number of benzene rings is 1. The maximum atomic E-state index is 12.3. The summed E-state index contributed by atoms with van der Waals surface area (Å²) in [4.78, 5) is 26.3. The van der Waals surface area contributed by atoms with E-state index in [0.29, 0.717) is 13.1 Å². The highest BCUT2D eigenvalue weighted by atomic mass is 16.5. The van der Waals surface area contributed by atoms with Gasteiger partial charge in [0.1, 0.15) is 0 Å². The largest absolute Gasteiger partial charge is 0.376 e. The van der Waals surface area contributed by atoms with Crippen molar-refractivity contribution in [2.75, 3.05) is 24.6 Å². The molecule has 5 heteroatoms. The number of hydrogen-bond acceptors (Lipinski definition) is 3. The molecule has 2 atom stereocenters. The van der Waals surface area contributed by atoms with E-state index in [1.54, 1.807) is 4.90 Å². The molecule has 3 rings (SSSR count). The van der Waals surface area contributed by atoms with Gasteiger partial charge in [-0.2, -0.15) is 0 Å². The molecule has 0 aromatic heterocycles. The van der Waals surface area contributed by atoms with E-state index in [4.69, 9.17) is 4.74 Å². The Balaban J connectivity index is 1.59. The molecule has 2 saturated heterocycles. The molecule has 0 saturated carbocycles. The van der Waals surface area contributed by atoms with E-state index in [9.17, 15) is 9.59 Å². The van der Waals surface area contributed by atoms with Crippen LogP contribution in [0.2, 0.25) is 0 Å². The van der Waals surface area contributed by atoms with Crippen molar-refractivity contribution in [1.82, 2.24) is 5.32 Å². The molecular formula is C18H24N2O3. The van der Waals surface area contributed by atoms with E-state index >= 15 is 0 Å². The van der Waals surface area contributed by atoms with Gasteiger partial charge in [0.25, 0.3) is 0 Å². The molecule has 124 valence electrons. The molecule has 2 amide bonds. The Morgan fingerprint density at radius 2 is 2.17 bits per heavy atom. The van der Waals surface area contributed by atoms with Crippen LogP contribution in [0.5, 0.6) is 0 Å². The highest BCUT2D eigenvalue weighted by molar-refractivity contribution is 6.00. The van der Waals surface area contributed by atoms with Crippen LogP contribution in [-0.4, -0.2) is 37.6 Å². The first-order chi connectivity index (χ1) is 11.0. The zero-order valence-electron chi connectivity index (χ0n) is 13.8. The molecule has 2 aliphatic rings. The third kappa shape index (κ3) is 3.55. The lowest BCUT2D eigenvalue weighted by molar-refractivity contribution is -0.126. The van der Waals surface area contributed by atoms with Crippen molar-refractivity contribution in [2.24, 2.45) is 5.92 Å². The first-order valence-corrected chi connectivity index (χ1v) is 8.31. The van der Waals surface area contributed by atoms with Crippen molar-refractivity contribution in [3.8, 4) is 0 Å². The molecule has 0 aliphatic carbocycles. The zero-order valence-corrected chi connectivity index (χ0v) is 13.8. The average Bonchev–Trinajstić information content (AvgIpc) is 3.17. The number of aryl methyl sites for hydroxylation is 2. The fourth-order valence-electron chi connectivity index (χ4n) is 3.19. The topological polar surface area (TPSA) is 58.6 Å². The van der Waals surface area contributed by atoms with Gasteiger partial charge < -0.3 is 15.0 Å². The second kappa shape index (κ2) is 6.71. The summed E-state index contributed by atoms with van der Waals surface area (Å²) in [6.45, 7) is 5.87. The van der Waals surface area contributed by atoms with Gasteiger partial charge in [0, 0.05) is 31.8 Å². The Bertz CT molecular complexity index is 608. The minimum atomic E-state index is -0.273. The van der Waals surface area contributed by atoms with Crippen molar-refractivity contribution >= 4 is 17.5 Å². The van der Waals surface area contributed by atoms with Crippen molar-refractivity contribution in [2.45, 2.75) is 39.2 Å². The van der Waals surface area contributed by atoms with Crippen LogP contribution < -0.4 is 10.2 Å². The Morgan fingerprint density at radius 1 is 1.35 bits per heavy atom. The molecule has 2 heterocycles. The number of nitrogens with zero attached hydrogens (tertiary/aromatic N) is 1. The van der Waals surface area contributed by atoms with Crippen molar-refractivity contribution < 1.29 is 14.3 Å². The number of nitrogens with one attached hydrogen (secondary N) is 1. The third-order valence-corrected chi connectivity index (χ3v) is 4.83. The maximum absolute atomic E-state index is 12.3. The van der Waals surface area contributed by atoms with Crippen LogP contribution in [0.25, 0.3) is 0 Å². The smallest absolute Gasteiger partial charge is 0.227 e. The molecule has 1 aromatic carbocycles. The molecule has 1 aromatic rings. The molecule has 2 aliphatic heterocycles. The summed E-state index contributed by atoms with van der Waals surface area (Å²) < 4.78 is 5.51. The predicted octanol–water partition coefficient (Wildman–Crippen LogP) is 1.95. The minimum absolute atomic E-state index is 0.0190. The van der Waals surface area contributed by atoms with Crippen molar-refractivity contribution in [1.29, 1.82) is 0 Å². The second-order valence-electron chi connectivity index (χ2n) is 6.55. The maximum Gasteiger partial charge on any atom is 0.227 e. The lowest BCUT2D eigenvalue weighted by atomic mass is 10.1. The number of anilines is 1. The number of amides is 2. The Labute approximate surface area is 137 Å². The van der Waals surface area contributed by atoms with Gasteiger partial charge >= 0.3 is 0 Å². The van der Waals surface area contributed by atoms with E-state index in [2.05, 4.69) is 5.32 Å². The second-order valence-corrected chi connectivity index (χ2v) is 6.55. The molecule has 5 nitrogen and oxygen atoms in total. The van der Waals surface area contributed by atoms with Gasteiger partial charge in [-0.15, -0.1) is 0 Å². The summed E-state index contributed by atoms with van der Waals surface area (Å²) in [5.74, 6) is -0.295. The number of ether oxygens (including phenoxy) is 1. The van der Waals surface area contributed by atoms with Crippen molar-refractivity contribution in [3.63, 3.8) is 0 Å². The van der Waals surface area contributed by atoms with Gasteiger partial charge in [0.05, 0.1) is 12.0 Å². The van der Waals surface area contributed by atoms with Crippen LogP contribution in [-0.2, 0) is 14.3 Å². The van der Waals surface area contributed by atoms with E-state index in [1.165, 1.54) is 5.56 Å². The Kier molecular flexibility index (Phi) is 4.66. The molecule has 23 heavy (non-hydrogen) atoms. The van der Waals surface area contributed by atoms with Crippen LogP contribution in [0.4, 0.5) is 5.69 Å². The van der Waals surface area contributed by atoms with Gasteiger partial charge in [-0.05, 0) is 49.9 Å². The van der Waals surface area contributed by atoms with Crippen LogP contribution in [0.1, 0.15) is 30.4 Å². The monoisotopic (exact) mass is 316 g/mol. The fraction of sp³-hybridized carbons (Fsp3) is 0.556. The SMILES string of the molecule is Cc1ccc(N2CC(C(=O)NCC3CCCO3)CC2=O)cc1C. The Hall–Kier alpha value is -1.88. The van der Waals surface area contributed by atoms with Crippen molar-refractivity contribution in [3.05, 3.63) is 29.3 Å². The Morgan fingerprint density at radius 3 is 2.87 bits per heavy atom. The number of hydrogen-bond donors (Lipinski definition) is 1. The van der Waals surface area contributed by atoms with Gasteiger partial charge in [-0.25, -0.2) is 0 Å². The van der Waals surface area contributed by atoms with Gasteiger partial charge in [0.15, 0.2) is 0 Å². The van der Waals surface area contributed by atoms with Gasteiger partial charge in [-0.1, -0.05) is 6.07 Å². The van der Waals surface area contributed by atoms with Crippen LogP contribution >= 0.6 is 0 Å². The van der Waals surface area contributed by atoms with Crippen LogP contribution in [0, 0.1) is 19.8 Å². The van der Waals surface area contributed by atoms with Crippen LogP contribution in [0.3, 0.4) is 0 Å². The summed E-state index contributed by atoms with van der Waals surface area (Å²) in [6, 6.07) is 5.98. The minimum Gasteiger partial charge on any atom is -0.376 e. The van der Waals surface area contributed by atoms with Gasteiger partial charge in [-0.3, -0.25) is 9.59 Å². The summed E-state index contributed by atoms with van der Waals surface area (Å²) in [5.41, 5.74) is 3.24. The first kappa shape index (κ1) is 16.0. The quantitative estimate of drug-likeness (QED) is 0.924. The highest BCUT2D eigenvalue weighted by Gasteiger charge is 2.35. The molecule has 2 fully saturated rings. The molecule has 0 bridgehead atoms. The fourth-order valence-corrected chi connectivity index (χ4v) is 3.19. The molecule has 1 N–H and O–H groups in total. The lowest BCUT2D eigenvalue weighted by Gasteiger charge is -2.18. The normalized spacial score (nSPS) is 24.3. The first-order valence-electron chi connectivity index (χ1n) is 8.31. The molecule has 0 radical (unpaired) electrons. The highest BCUT2D eigenvalue weighted by Crippen LogP contribution is 2.27. The van der Waals surface area contributed by atoms with E-state index in [1.807, 2.05) is 32.0 Å². The summed E-state index contributed by atoms with van der Waals surface area (Å²) in [7, 11) is 0. The predicted molar refractivity (Wildman–Crippen MR) is 88.4 cm³/mol. The summed E-state index contributed by atoms with van der Waals surface area (Å²) in [6.07, 6.45) is 2.47. The van der Waals surface area contributed by atoms with Gasteiger partial charge in [0.2, 0.25) is 11.8 Å². The van der Waals surface area contributed by atoms with E-state index in [-0.39, 0.29) is 30.3 Å². The molecular weight excluding hydrogens is 292 g/mol. The summed E-state index contributed by atoms with van der Waals surface area (Å²) >= 11 is 0. The number of carbonyl (C=O) groups excluding carboxylic acids is 2. The number of carbonyl (C=O) groups is 2. The zero-order chi connectivity index (χ0) is 16.4. The van der Waals surface area contributed by atoms with Crippen LogP contribution in [0.15, 0.2) is 18.2 Å². The molecule has 0 spiro atoms. The lowest BCUT2D eigenvalue weighted by Crippen LogP contribution is -2.37. The standard InChI is InChI=1S/C18H24N2O3/c1-12-5-6-15(8-13(12)2)20-11-14(9-17(20)21)18(22)19-10-16-4-3-7-23-16/h5-6,8,14,16H,3-4,7,9-11H2,1-2H3,(H,19,22). The van der Waals surface area contributed by atoms with E-state index < -0.39 is 0 Å². The summed E-state index contributed by atoms with van der Waals surface area (Å²) in [5, 5.41) is 2.94. The third-order valence-electron chi connectivity index (χ3n) is 4.83. The number of rotatable bonds is 4. The van der Waals surface area contributed by atoms with E-state index in [0.717, 1.165) is 30.7 Å².